The molecule has 16 heavy (non-hydrogen) atoms. The van der Waals surface area contributed by atoms with E-state index in [-0.39, 0.29) is 5.41 Å². The Morgan fingerprint density at radius 2 is 1.38 bits per heavy atom. The topological polar surface area (TPSA) is 20.2 Å². The number of aliphatic hydroxyl groups is 1. The highest BCUT2D eigenvalue weighted by Crippen LogP contribution is 2.33. The van der Waals surface area contributed by atoms with E-state index in [9.17, 15) is 5.11 Å². The highest BCUT2D eigenvalue weighted by molar-refractivity contribution is 5.29. The summed E-state index contributed by atoms with van der Waals surface area (Å²) in [7, 11) is 0. The fraction of sp³-hybridized carbons (Fsp3) is 0.600. The molecule has 1 unspecified atom stereocenters. The second-order valence-electron chi connectivity index (χ2n) is 6.20. The second kappa shape index (κ2) is 4.21. The van der Waals surface area contributed by atoms with Crippen molar-refractivity contribution in [2.75, 3.05) is 0 Å². The van der Waals surface area contributed by atoms with Gasteiger partial charge in [0, 0.05) is 6.42 Å². The van der Waals surface area contributed by atoms with Crippen molar-refractivity contribution in [2.45, 2.75) is 53.6 Å². The van der Waals surface area contributed by atoms with Crippen LogP contribution in [0, 0.1) is 19.3 Å². The van der Waals surface area contributed by atoms with Gasteiger partial charge in [-0.15, -0.1) is 0 Å². The largest absolute Gasteiger partial charge is 0.389 e. The number of aryl methyl sites for hydroxylation is 2. The SMILES string of the molecule is Cc1cc(C)cc(CC(C)(O)C(C)(C)C)c1. The Morgan fingerprint density at radius 3 is 1.75 bits per heavy atom. The Labute approximate surface area is 99.5 Å². The lowest BCUT2D eigenvalue weighted by Crippen LogP contribution is -2.41. The van der Waals surface area contributed by atoms with Crippen molar-refractivity contribution in [3.63, 3.8) is 0 Å². The minimum absolute atomic E-state index is 0.106. The Morgan fingerprint density at radius 1 is 0.938 bits per heavy atom. The molecule has 0 aliphatic carbocycles. The van der Waals surface area contributed by atoms with Crippen molar-refractivity contribution in [2.24, 2.45) is 5.41 Å². The maximum Gasteiger partial charge on any atom is 0.0707 e. The average molecular weight is 220 g/mol. The number of hydrogen-bond donors (Lipinski definition) is 1. The van der Waals surface area contributed by atoms with Gasteiger partial charge in [-0.05, 0) is 31.7 Å². The molecule has 1 aromatic carbocycles. The third kappa shape index (κ3) is 3.08. The first-order valence-electron chi connectivity index (χ1n) is 5.91. The van der Waals surface area contributed by atoms with Crippen LogP contribution in [-0.4, -0.2) is 10.7 Å². The van der Waals surface area contributed by atoms with Crippen molar-refractivity contribution < 1.29 is 5.11 Å². The van der Waals surface area contributed by atoms with Crippen LogP contribution in [0.2, 0.25) is 0 Å². The van der Waals surface area contributed by atoms with Crippen LogP contribution < -0.4 is 0 Å². The van der Waals surface area contributed by atoms with E-state index in [0.29, 0.717) is 6.42 Å². The molecule has 1 atom stereocenters. The van der Waals surface area contributed by atoms with Gasteiger partial charge in [-0.1, -0.05) is 50.1 Å². The summed E-state index contributed by atoms with van der Waals surface area (Å²) in [6.45, 7) is 12.4. The summed E-state index contributed by atoms with van der Waals surface area (Å²) in [4.78, 5) is 0. The molecule has 0 amide bonds. The molecule has 1 N–H and O–H groups in total. The fourth-order valence-electron chi connectivity index (χ4n) is 1.83. The maximum absolute atomic E-state index is 10.5. The van der Waals surface area contributed by atoms with Crippen molar-refractivity contribution in [3.8, 4) is 0 Å². The highest BCUT2D eigenvalue weighted by Gasteiger charge is 2.35. The molecule has 90 valence electrons. The molecule has 0 fully saturated rings. The third-order valence-corrected chi connectivity index (χ3v) is 3.45. The van der Waals surface area contributed by atoms with Gasteiger partial charge in [0.25, 0.3) is 0 Å². The van der Waals surface area contributed by atoms with Gasteiger partial charge in [-0.3, -0.25) is 0 Å². The Kier molecular flexibility index (Phi) is 3.49. The van der Waals surface area contributed by atoms with Crippen molar-refractivity contribution in [3.05, 3.63) is 34.9 Å². The van der Waals surface area contributed by atoms with Crippen LogP contribution in [-0.2, 0) is 6.42 Å². The molecular formula is C15H24O. The molecule has 0 saturated heterocycles. The predicted molar refractivity (Wildman–Crippen MR) is 69.7 cm³/mol. The number of hydrogen-bond acceptors (Lipinski definition) is 1. The summed E-state index contributed by atoms with van der Waals surface area (Å²) >= 11 is 0. The smallest absolute Gasteiger partial charge is 0.0707 e. The van der Waals surface area contributed by atoms with E-state index in [1.165, 1.54) is 16.7 Å². The number of rotatable bonds is 2. The summed E-state index contributed by atoms with van der Waals surface area (Å²) in [5, 5.41) is 10.5. The van der Waals surface area contributed by atoms with Crippen LogP contribution in [0.3, 0.4) is 0 Å². The van der Waals surface area contributed by atoms with E-state index in [1.54, 1.807) is 0 Å². The van der Waals surface area contributed by atoms with Gasteiger partial charge in [0.05, 0.1) is 5.60 Å². The van der Waals surface area contributed by atoms with E-state index in [2.05, 4.69) is 52.8 Å². The lowest BCUT2D eigenvalue weighted by molar-refractivity contribution is -0.0405. The molecule has 0 bridgehead atoms. The first-order chi connectivity index (χ1) is 7.12. The molecule has 0 saturated carbocycles. The van der Waals surface area contributed by atoms with Crippen LogP contribution in [0.1, 0.15) is 44.4 Å². The molecule has 0 heterocycles. The van der Waals surface area contributed by atoms with Gasteiger partial charge < -0.3 is 5.11 Å². The molecule has 0 aliphatic heterocycles. The summed E-state index contributed by atoms with van der Waals surface area (Å²) in [5.41, 5.74) is 2.97. The molecule has 1 aromatic rings. The van der Waals surface area contributed by atoms with Crippen LogP contribution >= 0.6 is 0 Å². The summed E-state index contributed by atoms with van der Waals surface area (Å²) in [6, 6.07) is 6.48. The van der Waals surface area contributed by atoms with Crippen LogP contribution in [0.25, 0.3) is 0 Å². The maximum atomic E-state index is 10.5. The van der Waals surface area contributed by atoms with E-state index in [4.69, 9.17) is 0 Å². The fourth-order valence-corrected chi connectivity index (χ4v) is 1.83. The quantitative estimate of drug-likeness (QED) is 0.806. The van der Waals surface area contributed by atoms with E-state index in [1.807, 2.05) is 6.92 Å². The molecule has 0 aromatic heterocycles. The lowest BCUT2D eigenvalue weighted by Gasteiger charge is -2.37. The Balaban J connectivity index is 2.96. The molecule has 1 nitrogen and oxygen atoms in total. The van der Waals surface area contributed by atoms with Gasteiger partial charge in [0.15, 0.2) is 0 Å². The van der Waals surface area contributed by atoms with E-state index in [0.717, 1.165) is 0 Å². The summed E-state index contributed by atoms with van der Waals surface area (Å²) in [6.07, 6.45) is 0.707. The normalized spacial score (nSPS) is 15.9. The van der Waals surface area contributed by atoms with Gasteiger partial charge in [0.2, 0.25) is 0 Å². The van der Waals surface area contributed by atoms with Crippen molar-refractivity contribution >= 4 is 0 Å². The summed E-state index contributed by atoms with van der Waals surface area (Å²) < 4.78 is 0. The Bertz CT molecular complexity index is 349. The minimum Gasteiger partial charge on any atom is -0.389 e. The predicted octanol–water partition coefficient (Wildman–Crippen LogP) is 3.64. The minimum atomic E-state index is -0.673. The van der Waals surface area contributed by atoms with Crippen LogP contribution in [0.5, 0.6) is 0 Å². The number of benzene rings is 1. The molecule has 0 aliphatic rings. The monoisotopic (exact) mass is 220 g/mol. The van der Waals surface area contributed by atoms with Crippen LogP contribution in [0.4, 0.5) is 0 Å². The first kappa shape index (κ1) is 13.2. The van der Waals surface area contributed by atoms with Gasteiger partial charge >= 0.3 is 0 Å². The zero-order valence-corrected chi connectivity index (χ0v) is 11.4. The second-order valence-corrected chi connectivity index (χ2v) is 6.20. The summed E-state index contributed by atoms with van der Waals surface area (Å²) in [5.74, 6) is 0. The Hall–Kier alpha value is -0.820. The van der Waals surface area contributed by atoms with Gasteiger partial charge in [0.1, 0.15) is 0 Å². The lowest BCUT2D eigenvalue weighted by atomic mass is 9.74. The van der Waals surface area contributed by atoms with E-state index >= 15 is 0 Å². The third-order valence-electron chi connectivity index (χ3n) is 3.45. The molecular weight excluding hydrogens is 196 g/mol. The average Bonchev–Trinajstić information content (AvgIpc) is 1.97. The zero-order valence-electron chi connectivity index (χ0n) is 11.4. The van der Waals surface area contributed by atoms with Crippen molar-refractivity contribution in [1.29, 1.82) is 0 Å². The van der Waals surface area contributed by atoms with Gasteiger partial charge in [-0.25, -0.2) is 0 Å². The molecule has 1 rings (SSSR count). The van der Waals surface area contributed by atoms with Crippen molar-refractivity contribution in [1.82, 2.24) is 0 Å². The molecule has 0 radical (unpaired) electrons. The van der Waals surface area contributed by atoms with E-state index < -0.39 is 5.60 Å². The first-order valence-corrected chi connectivity index (χ1v) is 5.91. The zero-order chi connectivity index (χ0) is 12.6. The molecule has 0 spiro atoms. The highest BCUT2D eigenvalue weighted by atomic mass is 16.3. The van der Waals surface area contributed by atoms with Crippen LogP contribution in [0.15, 0.2) is 18.2 Å². The standard InChI is InChI=1S/C15H24O/c1-11-7-12(2)9-13(8-11)10-15(6,16)14(3,4)5/h7-9,16H,10H2,1-6H3. The van der Waals surface area contributed by atoms with Gasteiger partial charge in [-0.2, -0.15) is 0 Å². The molecule has 1 heteroatoms.